The molecule has 7 heteroatoms. The van der Waals surface area contributed by atoms with Crippen LogP contribution in [-0.2, 0) is 11.3 Å². The topological polar surface area (TPSA) is 79.4 Å². The number of carbonyl (C=O) groups excluding carboxylic acids is 1. The standard InChI is InChI=1S/C25H19BrN4O2/c26-21-10-11-24(19(12-21)13-27)32-17-25(31)29-28-14-20-16-30(15-18-6-2-1-3-7-18)23-9-5-4-8-22(20)23/h1-12,14,16H,15,17H2,(H,29,31)/b28-14-. The molecule has 0 aliphatic rings. The van der Waals surface area contributed by atoms with Crippen LogP contribution in [0.5, 0.6) is 5.75 Å². The Hall–Kier alpha value is -3.89. The van der Waals surface area contributed by atoms with Crippen LogP contribution in [-0.4, -0.2) is 23.3 Å². The number of hydrogen-bond donors (Lipinski definition) is 1. The molecule has 1 aromatic heterocycles. The fourth-order valence-corrected chi connectivity index (χ4v) is 3.71. The van der Waals surface area contributed by atoms with Gasteiger partial charge >= 0.3 is 0 Å². The van der Waals surface area contributed by atoms with E-state index in [9.17, 15) is 10.1 Å². The first kappa shape index (κ1) is 21.3. The number of rotatable bonds is 7. The van der Waals surface area contributed by atoms with Gasteiger partial charge in [-0.25, -0.2) is 5.43 Å². The third-order valence-electron chi connectivity index (χ3n) is 4.83. The van der Waals surface area contributed by atoms with E-state index < -0.39 is 5.91 Å². The molecule has 1 heterocycles. The van der Waals surface area contributed by atoms with E-state index in [-0.39, 0.29) is 6.61 Å². The highest BCUT2D eigenvalue weighted by Gasteiger charge is 2.09. The molecule has 1 N–H and O–H groups in total. The second kappa shape index (κ2) is 9.94. The fraction of sp³-hybridized carbons (Fsp3) is 0.0800. The van der Waals surface area contributed by atoms with Crippen LogP contribution in [0.15, 0.2) is 88.6 Å². The Morgan fingerprint density at radius 2 is 1.91 bits per heavy atom. The number of nitrogens with zero attached hydrogens (tertiary/aromatic N) is 3. The van der Waals surface area contributed by atoms with Gasteiger partial charge in [-0.3, -0.25) is 4.79 Å². The molecule has 1 amide bonds. The van der Waals surface area contributed by atoms with E-state index in [1.54, 1.807) is 24.4 Å². The first-order valence-electron chi connectivity index (χ1n) is 9.90. The molecule has 0 radical (unpaired) electrons. The van der Waals surface area contributed by atoms with Crippen molar-refractivity contribution in [2.24, 2.45) is 5.10 Å². The zero-order valence-electron chi connectivity index (χ0n) is 17.0. The Balaban J connectivity index is 1.43. The molecule has 0 aliphatic heterocycles. The highest BCUT2D eigenvalue weighted by Crippen LogP contribution is 2.23. The molecule has 158 valence electrons. The number of halogens is 1. The number of carbonyl (C=O) groups is 1. The lowest BCUT2D eigenvalue weighted by Crippen LogP contribution is -2.24. The van der Waals surface area contributed by atoms with Crippen LogP contribution >= 0.6 is 15.9 Å². The maximum Gasteiger partial charge on any atom is 0.277 e. The molecule has 0 aliphatic carbocycles. The largest absolute Gasteiger partial charge is 0.482 e. The van der Waals surface area contributed by atoms with E-state index in [1.165, 1.54) is 5.56 Å². The van der Waals surface area contributed by atoms with Gasteiger partial charge < -0.3 is 9.30 Å². The number of ether oxygens (including phenoxy) is 1. The number of nitrogens with one attached hydrogen (secondary N) is 1. The summed E-state index contributed by atoms with van der Waals surface area (Å²) in [5, 5.41) is 14.3. The zero-order chi connectivity index (χ0) is 22.3. The maximum absolute atomic E-state index is 12.1. The zero-order valence-corrected chi connectivity index (χ0v) is 18.6. The van der Waals surface area contributed by atoms with E-state index in [1.807, 2.05) is 48.7 Å². The molecular weight excluding hydrogens is 468 g/mol. The minimum Gasteiger partial charge on any atom is -0.482 e. The summed E-state index contributed by atoms with van der Waals surface area (Å²) < 4.78 is 8.38. The molecule has 3 aromatic carbocycles. The summed E-state index contributed by atoms with van der Waals surface area (Å²) in [7, 11) is 0. The molecule has 0 bridgehead atoms. The van der Waals surface area contributed by atoms with Crippen LogP contribution < -0.4 is 10.2 Å². The van der Waals surface area contributed by atoms with Crippen molar-refractivity contribution < 1.29 is 9.53 Å². The Morgan fingerprint density at radius 3 is 2.72 bits per heavy atom. The number of benzene rings is 3. The summed E-state index contributed by atoms with van der Waals surface area (Å²) >= 11 is 3.30. The molecule has 0 spiro atoms. The van der Waals surface area contributed by atoms with E-state index >= 15 is 0 Å². The number of amides is 1. The van der Waals surface area contributed by atoms with E-state index in [4.69, 9.17) is 4.74 Å². The molecule has 32 heavy (non-hydrogen) atoms. The lowest BCUT2D eigenvalue weighted by atomic mass is 10.2. The van der Waals surface area contributed by atoms with Crippen molar-refractivity contribution in [3.05, 3.63) is 100 Å². The summed E-state index contributed by atoms with van der Waals surface area (Å²) in [6.07, 6.45) is 3.65. The Bertz CT molecular complexity index is 1320. The second-order valence-electron chi connectivity index (χ2n) is 7.05. The summed E-state index contributed by atoms with van der Waals surface area (Å²) in [4.78, 5) is 12.1. The highest BCUT2D eigenvalue weighted by molar-refractivity contribution is 9.10. The number of hydrogen-bond acceptors (Lipinski definition) is 4. The average Bonchev–Trinajstić information content (AvgIpc) is 3.16. The van der Waals surface area contributed by atoms with Crippen LogP contribution in [0, 0.1) is 11.3 Å². The van der Waals surface area contributed by atoms with Gasteiger partial charge in [0.15, 0.2) is 6.61 Å². The molecule has 0 saturated carbocycles. The molecule has 0 atom stereocenters. The van der Waals surface area contributed by atoms with Crippen molar-refractivity contribution in [3.8, 4) is 11.8 Å². The Kier molecular flexibility index (Phi) is 6.63. The van der Waals surface area contributed by atoms with Gasteiger partial charge in [-0.15, -0.1) is 0 Å². The van der Waals surface area contributed by atoms with Gasteiger partial charge in [-0.05, 0) is 29.8 Å². The van der Waals surface area contributed by atoms with Crippen molar-refractivity contribution in [2.45, 2.75) is 6.54 Å². The molecule has 6 nitrogen and oxygen atoms in total. The van der Waals surface area contributed by atoms with E-state index in [0.29, 0.717) is 11.3 Å². The SMILES string of the molecule is N#Cc1cc(Br)ccc1OCC(=O)N/N=C\c1cn(Cc2ccccc2)c2ccccc12. The minimum absolute atomic E-state index is 0.247. The molecule has 4 rings (SSSR count). The predicted molar refractivity (Wildman–Crippen MR) is 128 cm³/mol. The average molecular weight is 487 g/mol. The van der Waals surface area contributed by atoms with E-state index in [2.05, 4.69) is 49.2 Å². The molecule has 4 aromatic rings. The molecular formula is C25H19BrN4O2. The van der Waals surface area contributed by atoms with Gasteiger partial charge in [0.25, 0.3) is 5.91 Å². The van der Waals surface area contributed by atoms with Gasteiger partial charge in [0.1, 0.15) is 11.8 Å². The summed E-state index contributed by atoms with van der Waals surface area (Å²) in [6, 6.07) is 25.4. The van der Waals surface area contributed by atoms with Gasteiger partial charge in [-0.1, -0.05) is 64.5 Å². The quantitative estimate of drug-likeness (QED) is 0.299. The maximum atomic E-state index is 12.1. The van der Waals surface area contributed by atoms with Gasteiger partial charge in [0.2, 0.25) is 0 Å². The van der Waals surface area contributed by atoms with Crippen molar-refractivity contribution in [1.82, 2.24) is 9.99 Å². The highest BCUT2D eigenvalue weighted by atomic mass is 79.9. The van der Waals surface area contributed by atoms with Gasteiger partial charge in [0.05, 0.1) is 11.8 Å². The predicted octanol–water partition coefficient (Wildman–Crippen LogP) is 4.85. The molecule has 0 unspecified atom stereocenters. The second-order valence-corrected chi connectivity index (χ2v) is 7.96. The Morgan fingerprint density at radius 1 is 1.12 bits per heavy atom. The van der Waals surface area contributed by atoms with Gasteiger partial charge in [0, 0.05) is 33.7 Å². The number of para-hydroxylation sites is 1. The van der Waals surface area contributed by atoms with Crippen molar-refractivity contribution in [2.75, 3.05) is 6.61 Å². The normalized spacial score (nSPS) is 10.9. The number of nitriles is 1. The van der Waals surface area contributed by atoms with E-state index in [0.717, 1.165) is 27.5 Å². The number of hydrazone groups is 1. The smallest absolute Gasteiger partial charge is 0.277 e. The number of fused-ring (bicyclic) bond motifs is 1. The lowest BCUT2D eigenvalue weighted by Gasteiger charge is -2.06. The van der Waals surface area contributed by atoms with Crippen LogP contribution in [0.4, 0.5) is 0 Å². The van der Waals surface area contributed by atoms with Crippen LogP contribution in [0.1, 0.15) is 16.7 Å². The van der Waals surface area contributed by atoms with Crippen molar-refractivity contribution in [1.29, 1.82) is 5.26 Å². The first-order valence-corrected chi connectivity index (χ1v) is 10.7. The number of aromatic nitrogens is 1. The summed E-state index contributed by atoms with van der Waals surface area (Å²) in [5.41, 5.74) is 6.02. The molecule has 0 fully saturated rings. The first-order chi connectivity index (χ1) is 15.6. The van der Waals surface area contributed by atoms with Gasteiger partial charge in [-0.2, -0.15) is 10.4 Å². The van der Waals surface area contributed by atoms with Crippen molar-refractivity contribution >= 4 is 39.0 Å². The minimum atomic E-state index is -0.416. The van der Waals surface area contributed by atoms with Crippen LogP contribution in [0.25, 0.3) is 10.9 Å². The summed E-state index contributed by atoms with van der Waals surface area (Å²) in [6.45, 7) is 0.493. The monoisotopic (exact) mass is 486 g/mol. The lowest BCUT2D eigenvalue weighted by molar-refractivity contribution is -0.123. The third kappa shape index (κ3) is 5.05. The van der Waals surface area contributed by atoms with Crippen LogP contribution in [0.3, 0.4) is 0 Å². The third-order valence-corrected chi connectivity index (χ3v) is 5.32. The fourth-order valence-electron chi connectivity index (χ4n) is 3.35. The summed E-state index contributed by atoms with van der Waals surface area (Å²) in [5.74, 6) is -0.0695. The van der Waals surface area contributed by atoms with Crippen LogP contribution in [0.2, 0.25) is 0 Å². The Labute approximate surface area is 193 Å². The molecule has 0 saturated heterocycles. The van der Waals surface area contributed by atoms with Crippen molar-refractivity contribution in [3.63, 3.8) is 0 Å².